The zero-order valence-corrected chi connectivity index (χ0v) is 34.5. The molecule has 0 rings (SSSR count). The summed E-state index contributed by atoms with van der Waals surface area (Å²) in [5.41, 5.74) is 0. The number of aliphatic hydroxyl groups is 1. The summed E-state index contributed by atoms with van der Waals surface area (Å²) in [7, 11) is -4.83. The Bertz CT molecular complexity index is 1270. The van der Waals surface area contributed by atoms with Gasteiger partial charge in [0, 0.05) is 12.8 Å². The van der Waals surface area contributed by atoms with Crippen molar-refractivity contribution < 1.29 is 43.0 Å². The Morgan fingerprint density at radius 2 is 1.09 bits per heavy atom. The SMILES string of the molecule is CC/C=C\C/C=C\C/C=C\C/C=C\C/C=C\C=C/C(O)CCC(=O)OC[C@H](COP(=O)(O)O)OC(=O)CCC/C=C\C/C=C\C/C=C\CCCCCCCC. The van der Waals surface area contributed by atoms with E-state index in [9.17, 15) is 19.3 Å². The van der Waals surface area contributed by atoms with E-state index in [4.69, 9.17) is 19.3 Å². The lowest BCUT2D eigenvalue weighted by Crippen LogP contribution is -2.29. The summed E-state index contributed by atoms with van der Waals surface area (Å²) in [6.07, 6.45) is 51.5. The van der Waals surface area contributed by atoms with Crippen LogP contribution in [0.1, 0.15) is 136 Å². The van der Waals surface area contributed by atoms with Crippen LogP contribution in [0.15, 0.2) is 109 Å². The van der Waals surface area contributed by atoms with E-state index in [1.54, 1.807) is 12.2 Å². The number of phosphoric ester groups is 1. The summed E-state index contributed by atoms with van der Waals surface area (Å²) in [5, 5.41) is 10.2. The van der Waals surface area contributed by atoms with Gasteiger partial charge in [-0.2, -0.15) is 0 Å². The maximum absolute atomic E-state index is 12.4. The molecule has 310 valence electrons. The van der Waals surface area contributed by atoms with Gasteiger partial charge in [0.25, 0.3) is 0 Å². The van der Waals surface area contributed by atoms with E-state index in [0.717, 1.165) is 51.4 Å². The van der Waals surface area contributed by atoms with Gasteiger partial charge in [-0.25, -0.2) is 4.57 Å². The Hall–Kier alpha value is -3.33. The lowest BCUT2D eigenvalue weighted by Gasteiger charge is -2.18. The van der Waals surface area contributed by atoms with E-state index in [1.807, 2.05) is 24.3 Å². The summed E-state index contributed by atoms with van der Waals surface area (Å²) in [6, 6.07) is 0. The van der Waals surface area contributed by atoms with Crippen molar-refractivity contribution in [3.05, 3.63) is 109 Å². The first-order valence-corrected chi connectivity index (χ1v) is 21.8. The molecule has 0 spiro atoms. The van der Waals surface area contributed by atoms with Crippen LogP contribution in [0.2, 0.25) is 0 Å². The second-order valence-corrected chi connectivity index (χ2v) is 14.3. The van der Waals surface area contributed by atoms with Gasteiger partial charge in [-0.1, -0.05) is 155 Å². The zero-order chi connectivity index (χ0) is 40.5. The van der Waals surface area contributed by atoms with Crippen molar-refractivity contribution in [3.63, 3.8) is 0 Å². The van der Waals surface area contributed by atoms with Gasteiger partial charge in [-0.05, 0) is 77.0 Å². The average molecular weight is 787 g/mol. The third-order valence-electron chi connectivity index (χ3n) is 7.89. The largest absolute Gasteiger partial charge is 0.469 e. The fraction of sp³-hybridized carbons (Fsp3) is 0.556. The molecule has 0 aliphatic rings. The number of hydrogen-bond acceptors (Lipinski definition) is 7. The van der Waals surface area contributed by atoms with E-state index >= 15 is 0 Å². The van der Waals surface area contributed by atoms with Crippen LogP contribution in [0.5, 0.6) is 0 Å². The molecule has 0 radical (unpaired) electrons. The lowest BCUT2D eigenvalue weighted by molar-refractivity contribution is -0.161. The van der Waals surface area contributed by atoms with E-state index < -0.39 is 45.2 Å². The molecule has 0 bridgehead atoms. The van der Waals surface area contributed by atoms with Crippen LogP contribution in [-0.4, -0.2) is 52.3 Å². The molecular weight excluding hydrogens is 715 g/mol. The van der Waals surface area contributed by atoms with Crippen LogP contribution in [-0.2, 0) is 28.2 Å². The van der Waals surface area contributed by atoms with E-state index in [2.05, 4.69) is 91.3 Å². The maximum atomic E-state index is 12.4. The molecule has 0 aromatic carbocycles. The lowest BCUT2D eigenvalue weighted by atomic mass is 10.1. The number of carbonyl (C=O) groups excluding carboxylic acids is 2. The predicted octanol–water partition coefficient (Wildman–Crippen LogP) is 11.4. The first-order valence-electron chi connectivity index (χ1n) is 20.3. The van der Waals surface area contributed by atoms with Crippen molar-refractivity contribution in [1.29, 1.82) is 0 Å². The third-order valence-corrected chi connectivity index (χ3v) is 8.38. The van der Waals surface area contributed by atoms with Crippen LogP contribution in [0, 0.1) is 0 Å². The molecule has 0 aromatic rings. The number of esters is 2. The highest BCUT2D eigenvalue weighted by molar-refractivity contribution is 7.46. The highest BCUT2D eigenvalue weighted by Gasteiger charge is 2.23. The molecule has 10 heteroatoms. The zero-order valence-electron chi connectivity index (χ0n) is 33.6. The third kappa shape index (κ3) is 41.7. The Balaban J connectivity index is 4.29. The fourth-order valence-electron chi connectivity index (χ4n) is 4.85. The number of ether oxygens (including phenoxy) is 2. The number of hydrogen-bond donors (Lipinski definition) is 3. The number of unbranched alkanes of at least 4 members (excludes halogenated alkanes) is 7. The normalized spacial score (nSPS) is 14.2. The molecule has 0 fully saturated rings. The van der Waals surface area contributed by atoms with Crippen LogP contribution >= 0.6 is 7.82 Å². The minimum Gasteiger partial charge on any atom is -0.462 e. The van der Waals surface area contributed by atoms with Gasteiger partial charge < -0.3 is 24.4 Å². The highest BCUT2D eigenvalue weighted by Crippen LogP contribution is 2.36. The second kappa shape index (κ2) is 38.9. The Morgan fingerprint density at radius 1 is 0.582 bits per heavy atom. The number of aliphatic hydroxyl groups excluding tert-OH is 1. The summed E-state index contributed by atoms with van der Waals surface area (Å²) in [5.74, 6) is -1.24. The standard InChI is InChI=1S/C45H71O9P/c1-3-5-7-9-11-13-15-17-19-21-23-25-27-29-31-33-35-37-45(48)54-43(41-53-55(49,50)51)40-52-44(47)39-38-42(46)36-34-32-30-28-26-24-22-20-18-16-14-12-10-8-6-4-2/h6,8,12,14,17-20,23-26,29-32,34,36,42-43,46H,3-5,7,9-11,13,15-16,21-22,27-28,33,35,37-41H2,1-2H3,(H2,49,50,51)/b8-6-,14-12-,19-17-,20-18-,25-23-,26-24-,31-29-,32-30-,36-34-/t42?,43-/m1/s1. The number of phosphoric acid groups is 1. The molecule has 55 heavy (non-hydrogen) atoms. The molecule has 0 aliphatic heterocycles. The molecular formula is C45H71O9P. The first kappa shape index (κ1) is 51.7. The van der Waals surface area contributed by atoms with Crippen molar-refractivity contribution in [3.8, 4) is 0 Å². The molecule has 1 unspecified atom stereocenters. The minimum atomic E-state index is -4.83. The van der Waals surface area contributed by atoms with Crippen molar-refractivity contribution in [2.45, 2.75) is 148 Å². The van der Waals surface area contributed by atoms with Crippen molar-refractivity contribution >= 4 is 19.8 Å². The summed E-state index contributed by atoms with van der Waals surface area (Å²) in [6.45, 7) is 3.29. The summed E-state index contributed by atoms with van der Waals surface area (Å²) < 4.78 is 26.1. The van der Waals surface area contributed by atoms with Crippen LogP contribution in [0.3, 0.4) is 0 Å². The highest BCUT2D eigenvalue weighted by atomic mass is 31.2. The Morgan fingerprint density at radius 3 is 1.65 bits per heavy atom. The first-order chi connectivity index (χ1) is 26.7. The second-order valence-electron chi connectivity index (χ2n) is 13.1. The minimum absolute atomic E-state index is 0.0837. The number of rotatable bonds is 35. The molecule has 3 N–H and O–H groups in total. The smallest absolute Gasteiger partial charge is 0.462 e. The molecule has 0 saturated heterocycles. The fourth-order valence-corrected chi connectivity index (χ4v) is 5.21. The molecule has 0 aliphatic carbocycles. The van der Waals surface area contributed by atoms with Crippen LogP contribution < -0.4 is 0 Å². The molecule has 0 heterocycles. The molecule has 9 nitrogen and oxygen atoms in total. The van der Waals surface area contributed by atoms with E-state index in [1.165, 1.54) is 38.5 Å². The van der Waals surface area contributed by atoms with Crippen molar-refractivity contribution in [2.24, 2.45) is 0 Å². The molecule has 2 atom stereocenters. The number of allylic oxidation sites excluding steroid dienone is 17. The maximum Gasteiger partial charge on any atom is 0.469 e. The van der Waals surface area contributed by atoms with Crippen molar-refractivity contribution in [2.75, 3.05) is 13.2 Å². The molecule has 0 aromatic heterocycles. The summed E-state index contributed by atoms with van der Waals surface area (Å²) >= 11 is 0. The van der Waals surface area contributed by atoms with Gasteiger partial charge in [0.1, 0.15) is 6.61 Å². The predicted molar refractivity (Wildman–Crippen MR) is 226 cm³/mol. The Kier molecular flexibility index (Phi) is 36.6. The van der Waals surface area contributed by atoms with E-state index in [0.29, 0.717) is 12.8 Å². The topological polar surface area (TPSA) is 140 Å². The van der Waals surface area contributed by atoms with Gasteiger partial charge in [0.2, 0.25) is 0 Å². The van der Waals surface area contributed by atoms with Gasteiger partial charge in [0.15, 0.2) is 6.10 Å². The van der Waals surface area contributed by atoms with Gasteiger partial charge in [-0.15, -0.1) is 0 Å². The molecule has 0 amide bonds. The van der Waals surface area contributed by atoms with Crippen LogP contribution in [0.4, 0.5) is 0 Å². The average Bonchev–Trinajstić information content (AvgIpc) is 3.15. The van der Waals surface area contributed by atoms with Gasteiger partial charge in [-0.3, -0.25) is 14.1 Å². The quantitative estimate of drug-likeness (QED) is 0.0188. The summed E-state index contributed by atoms with van der Waals surface area (Å²) in [4.78, 5) is 42.8. The van der Waals surface area contributed by atoms with Gasteiger partial charge in [0.05, 0.1) is 12.7 Å². The number of carbonyl (C=O) groups is 2. The Labute approximate surface area is 332 Å². The molecule has 0 saturated carbocycles. The monoisotopic (exact) mass is 786 g/mol. The van der Waals surface area contributed by atoms with Crippen molar-refractivity contribution in [1.82, 2.24) is 0 Å². The van der Waals surface area contributed by atoms with Crippen LogP contribution in [0.25, 0.3) is 0 Å². The van der Waals surface area contributed by atoms with E-state index in [-0.39, 0.29) is 19.3 Å². The van der Waals surface area contributed by atoms with Gasteiger partial charge >= 0.3 is 19.8 Å².